The van der Waals surface area contributed by atoms with Crippen molar-refractivity contribution in [3.8, 4) is 0 Å². The van der Waals surface area contributed by atoms with E-state index < -0.39 is 0 Å². The number of likely N-dealkylation sites (tertiary alicyclic amines) is 1. The minimum atomic E-state index is 0.627. The van der Waals surface area contributed by atoms with Gasteiger partial charge in [-0.3, -0.25) is 0 Å². The maximum absolute atomic E-state index is 3.45. The van der Waals surface area contributed by atoms with Crippen LogP contribution in [0.1, 0.15) is 27.7 Å². The van der Waals surface area contributed by atoms with Crippen molar-refractivity contribution >= 4 is 0 Å². The molecule has 0 amide bonds. The summed E-state index contributed by atoms with van der Waals surface area (Å²) in [7, 11) is 0. The van der Waals surface area contributed by atoms with Crippen LogP contribution in [0.2, 0.25) is 0 Å². The van der Waals surface area contributed by atoms with Crippen molar-refractivity contribution < 1.29 is 0 Å². The highest BCUT2D eigenvalue weighted by Crippen LogP contribution is 2.22. The molecule has 2 heteroatoms. The first-order valence-electron chi connectivity index (χ1n) is 5.55. The Labute approximate surface area is 82.7 Å². The summed E-state index contributed by atoms with van der Waals surface area (Å²) in [6, 6.07) is 0.627. The Morgan fingerprint density at radius 3 is 2.31 bits per heavy atom. The Hall–Kier alpha value is -0.0800. The van der Waals surface area contributed by atoms with Crippen LogP contribution in [0, 0.1) is 11.8 Å². The first kappa shape index (κ1) is 11.0. The summed E-state index contributed by atoms with van der Waals surface area (Å²) < 4.78 is 0. The Morgan fingerprint density at radius 2 is 1.85 bits per heavy atom. The third kappa shape index (κ3) is 3.65. The first-order chi connectivity index (χ1) is 6.09. The van der Waals surface area contributed by atoms with Crippen molar-refractivity contribution in [2.24, 2.45) is 11.8 Å². The molecular weight excluding hydrogens is 160 g/mol. The summed E-state index contributed by atoms with van der Waals surface area (Å²) in [5.41, 5.74) is 0. The summed E-state index contributed by atoms with van der Waals surface area (Å²) in [6.07, 6.45) is 0. The van der Waals surface area contributed by atoms with Crippen molar-refractivity contribution in [1.82, 2.24) is 10.2 Å². The maximum Gasteiger partial charge on any atom is 0.0107 e. The molecule has 0 aromatic carbocycles. The second kappa shape index (κ2) is 4.97. The lowest BCUT2D eigenvalue weighted by Crippen LogP contribution is -2.51. The average molecular weight is 184 g/mol. The predicted molar refractivity (Wildman–Crippen MR) is 57.9 cm³/mol. The van der Waals surface area contributed by atoms with Gasteiger partial charge in [0.1, 0.15) is 0 Å². The fourth-order valence-electron chi connectivity index (χ4n) is 1.73. The molecule has 0 spiro atoms. The second-order valence-electron chi connectivity index (χ2n) is 4.87. The van der Waals surface area contributed by atoms with Gasteiger partial charge >= 0.3 is 0 Å². The highest BCUT2D eigenvalue weighted by molar-refractivity contribution is 4.81. The van der Waals surface area contributed by atoms with Crippen molar-refractivity contribution in [2.75, 3.05) is 26.2 Å². The highest BCUT2D eigenvalue weighted by atomic mass is 15.2. The maximum atomic E-state index is 3.45. The van der Waals surface area contributed by atoms with Gasteiger partial charge in [-0.05, 0) is 11.8 Å². The Kier molecular flexibility index (Phi) is 4.20. The molecule has 2 nitrogen and oxygen atoms in total. The fourth-order valence-corrected chi connectivity index (χ4v) is 1.73. The zero-order valence-corrected chi connectivity index (χ0v) is 9.51. The van der Waals surface area contributed by atoms with Gasteiger partial charge in [-0.25, -0.2) is 0 Å². The van der Waals surface area contributed by atoms with E-state index in [1.807, 2.05) is 0 Å². The Morgan fingerprint density at radius 1 is 1.23 bits per heavy atom. The van der Waals surface area contributed by atoms with Crippen LogP contribution in [0.4, 0.5) is 0 Å². The molecule has 0 unspecified atom stereocenters. The van der Waals surface area contributed by atoms with E-state index in [1.165, 1.54) is 19.6 Å². The normalized spacial score (nSPS) is 19.8. The molecule has 1 saturated heterocycles. The Bertz CT molecular complexity index is 137. The molecule has 1 N–H and O–H groups in total. The summed E-state index contributed by atoms with van der Waals surface area (Å²) in [6.45, 7) is 14.1. The van der Waals surface area contributed by atoms with Gasteiger partial charge in [0.05, 0.1) is 0 Å². The van der Waals surface area contributed by atoms with Crippen LogP contribution in [0.15, 0.2) is 0 Å². The van der Waals surface area contributed by atoms with Crippen LogP contribution in [-0.2, 0) is 0 Å². The summed E-state index contributed by atoms with van der Waals surface area (Å²) in [5, 5.41) is 3.45. The molecule has 1 aliphatic heterocycles. The van der Waals surface area contributed by atoms with E-state index in [2.05, 4.69) is 37.9 Å². The largest absolute Gasteiger partial charge is 0.313 e. The van der Waals surface area contributed by atoms with Gasteiger partial charge in [-0.2, -0.15) is 0 Å². The van der Waals surface area contributed by atoms with E-state index >= 15 is 0 Å². The monoisotopic (exact) mass is 184 g/mol. The van der Waals surface area contributed by atoms with E-state index in [0.29, 0.717) is 6.04 Å². The number of hydrogen-bond donors (Lipinski definition) is 1. The molecule has 0 saturated carbocycles. The average Bonchev–Trinajstić information content (AvgIpc) is 1.92. The van der Waals surface area contributed by atoms with E-state index in [0.717, 1.165) is 18.4 Å². The standard InChI is InChI=1S/C11H24N2/c1-9(2)11-7-13(8-11)6-5-12-10(3)4/h9-12H,5-8H2,1-4H3. The third-order valence-corrected chi connectivity index (χ3v) is 2.91. The lowest BCUT2D eigenvalue weighted by Gasteiger charge is -2.41. The molecule has 0 aromatic rings. The zero-order valence-electron chi connectivity index (χ0n) is 9.51. The first-order valence-corrected chi connectivity index (χ1v) is 5.55. The summed E-state index contributed by atoms with van der Waals surface area (Å²) >= 11 is 0. The van der Waals surface area contributed by atoms with Crippen molar-refractivity contribution in [2.45, 2.75) is 33.7 Å². The molecule has 78 valence electrons. The van der Waals surface area contributed by atoms with Gasteiger partial charge < -0.3 is 10.2 Å². The SMILES string of the molecule is CC(C)NCCN1CC(C(C)C)C1. The lowest BCUT2D eigenvalue weighted by atomic mass is 9.88. The molecule has 0 aliphatic carbocycles. The van der Waals surface area contributed by atoms with Crippen LogP contribution < -0.4 is 5.32 Å². The molecule has 1 aliphatic rings. The molecular formula is C11H24N2. The minimum Gasteiger partial charge on any atom is -0.313 e. The van der Waals surface area contributed by atoms with Gasteiger partial charge in [0.25, 0.3) is 0 Å². The lowest BCUT2D eigenvalue weighted by molar-refractivity contribution is 0.0693. The van der Waals surface area contributed by atoms with Crippen molar-refractivity contribution in [3.05, 3.63) is 0 Å². The Balaban J connectivity index is 1.96. The molecule has 0 bridgehead atoms. The van der Waals surface area contributed by atoms with Gasteiger partial charge in [-0.1, -0.05) is 27.7 Å². The molecule has 0 atom stereocenters. The van der Waals surface area contributed by atoms with Crippen LogP contribution in [0.3, 0.4) is 0 Å². The van der Waals surface area contributed by atoms with Crippen molar-refractivity contribution in [1.29, 1.82) is 0 Å². The van der Waals surface area contributed by atoms with E-state index in [9.17, 15) is 0 Å². The summed E-state index contributed by atoms with van der Waals surface area (Å²) in [5.74, 6) is 1.83. The van der Waals surface area contributed by atoms with Crippen LogP contribution >= 0.6 is 0 Å². The van der Waals surface area contributed by atoms with E-state index in [-0.39, 0.29) is 0 Å². The van der Waals surface area contributed by atoms with Gasteiger partial charge in [0, 0.05) is 32.2 Å². The highest BCUT2D eigenvalue weighted by Gasteiger charge is 2.27. The topological polar surface area (TPSA) is 15.3 Å². The third-order valence-electron chi connectivity index (χ3n) is 2.91. The molecule has 1 rings (SSSR count). The molecule has 0 radical (unpaired) electrons. The van der Waals surface area contributed by atoms with Crippen LogP contribution in [0.5, 0.6) is 0 Å². The minimum absolute atomic E-state index is 0.627. The van der Waals surface area contributed by atoms with Gasteiger partial charge in [-0.15, -0.1) is 0 Å². The van der Waals surface area contributed by atoms with Crippen molar-refractivity contribution in [3.63, 3.8) is 0 Å². The molecule has 1 fully saturated rings. The second-order valence-corrected chi connectivity index (χ2v) is 4.87. The number of nitrogens with zero attached hydrogens (tertiary/aromatic N) is 1. The number of hydrogen-bond acceptors (Lipinski definition) is 2. The van der Waals surface area contributed by atoms with Gasteiger partial charge in [0.15, 0.2) is 0 Å². The number of nitrogens with one attached hydrogen (secondary N) is 1. The van der Waals surface area contributed by atoms with E-state index in [4.69, 9.17) is 0 Å². The summed E-state index contributed by atoms with van der Waals surface area (Å²) in [4.78, 5) is 2.54. The zero-order chi connectivity index (χ0) is 9.84. The van der Waals surface area contributed by atoms with Crippen LogP contribution in [0.25, 0.3) is 0 Å². The molecule has 1 heterocycles. The van der Waals surface area contributed by atoms with E-state index in [1.54, 1.807) is 0 Å². The van der Waals surface area contributed by atoms with Crippen LogP contribution in [-0.4, -0.2) is 37.1 Å². The predicted octanol–water partition coefficient (Wildman–Crippen LogP) is 1.57. The van der Waals surface area contributed by atoms with Gasteiger partial charge in [0.2, 0.25) is 0 Å². The fraction of sp³-hybridized carbons (Fsp3) is 1.00. The molecule has 13 heavy (non-hydrogen) atoms. The number of rotatable bonds is 5. The smallest absolute Gasteiger partial charge is 0.0107 e. The molecule has 0 aromatic heterocycles. The quantitative estimate of drug-likeness (QED) is 0.698.